The predicted molar refractivity (Wildman–Crippen MR) is 80.7 cm³/mol. The molecule has 0 fully saturated rings. The van der Waals surface area contributed by atoms with E-state index in [4.69, 9.17) is 4.74 Å². The molecule has 0 aliphatic carbocycles. The van der Waals surface area contributed by atoms with Crippen LogP contribution in [0, 0.1) is 0 Å². The molecular weight excluding hydrogens is 286 g/mol. The van der Waals surface area contributed by atoms with E-state index in [0.29, 0.717) is 11.1 Å². The van der Waals surface area contributed by atoms with Gasteiger partial charge in [0.2, 0.25) is 0 Å². The van der Waals surface area contributed by atoms with Crippen LogP contribution in [0.2, 0.25) is 0 Å². The Kier molecular flexibility index (Phi) is 3.66. The highest BCUT2D eigenvalue weighted by Crippen LogP contribution is 2.31. The third kappa shape index (κ3) is 2.40. The smallest absolute Gasteiger partial charge is 0.262 e. The van der Waals surface area contributed by atoms with Gasteiger partial charge in [0.05, 0.1) is 29.0 Å². The second-order valence-corrected chi connectivity index (χ2v) is 5.49. The Bertz CT molecular complexity index is 679. The van der Waals surface area contributed by atoms with Gasteiger partial charge < -0.3 is 4.74 Å². The van der Waals surface area contributed by atoms with E-state index in [1.54, 1.807) is 31.4 Å². The van der Waals surface area contributed by atoms with Crippen molar-refractivity contribution in [2.24, 2.45) is 0 Å². The Morgan fingerprint density at radius 1 is 0.952 bits per heavy atom. The summed E-state index contributed by atoms with van der Waals surface area (Å²) >= 11 is 1.41. The first-order valence-corrected chi connectivity index (χ1v) is 7.42. The van der Waals surface area contributed by atoms with Crippen LogP contribution in [0.3, 0.4) is 0 Å². The van der Waals surface area contributed by atoms with Crippen molar-refractivity contribution in [2.75, 3.05) is 13.0 Å². The number of nitrogens with zero attached hydrogens (tertiary/aromatic N) is 1. The van der Waals surface area contributed by atoms with Gasteiger partial charge in [-0.15, -0.1) is 0 Å². The molecule has 2 aromatic carbocycles. The predicted octanol–water partition coefficient (Wildman–Crippen LogP) is 3.04. The molecule has 0 atom stereocenters. The van der Waals surface area contributed by atoms with Crippen molar-refractivity contribution >= 4 is 23.6 Å². The molecule has 0 N–H and O–H groups in total. The monoisotopic (exact) mass is 299 g/mol. The van der Waals surface area contributed by atoms with Crippen LogP contribution >= 0.6 is 11.8 Å². The van der Waals surface area contributed by atoms with Gasteiger partial charge >= 0.3 is 0 Å². The summed E-state index contributed by atoms with van der Waals surface area (Å²) in [4.78, 5) is 26.7. The molecule has 1 heterocycles. The average molecular weight is 299 g/mol. The second kappa shape index (κ2) is 5.61. The number of fused-ring (bicyclic) bond motifs is 1. The molecule has 1 aliphatic rings. The molecule has 0 aromatic heterocycles. The highest BCUT2D eigenvalue weighted by molar-refractivity contribution is 7.99. The number of imide groups is 1. The Morgan fingerprint density at radius 3 is 2.14 bits per heavy atom. The number of rotatable bonds is 4. The summed E-state index contributed by atoms with van der Waals surface area (Å²) in [7, 11) is 1.60. The zero-order chi connectivity index (χ0) is 14.8. The summed E-state index contributed by atoms with van der Waals surface area (Å²) in [6.45, 7) is 0. The lowest BCUT2D eigenvalue weighted by Gasteiger charge is -2.14. The average Bonchev–Trinajstić information content (AvgIpc) is 2.78. The zero-order valence-electron chi connectivity index (χ0n) is 11.4. The number of benzene rings is 2. The summed E-state index contributed by atoms with van der Waals surface area (Å²) in [5, 5.41) is 0. The van der Waals surface area contributed by atoms with E-state index in [-0.39, 0.29) is 17.7 Å². The number of methoxy groups -OCH3 is 1. The summed E-state index contributed by atoms with van der Waals surface area (Å²) in [5.74, 6) is 0.530. The quantitative estimate of drug-likeness (QED) is 0.643. The van der Waals surface area contributed by atoms with E-state index in [2.05, 4.69) is 0 Å². The molecule has 0 unspecified atom stereocenters. The first-order valence-electron chi connectivity index (χ1n) is 6.43. The topological polar surface area (TPSA) is 46.6 Å². The van der Waals surface area contributed by atoms with Gasteiger partial charge in [0, 0.05) is 0 Å². The molecule has 1 aliphatic heterocycles. The van der Waals surface area contributed by atoms with Crippen molar-refractivity contribution in [3.05, 3.63) is 59.7 Å². The van der Waals surface area contributed by atoms with Crippen LogP contribution < -0.4 is 4.74 Å². The number of hydrogen-bond acceptors (Lipinski definition) is 4. The highest BCUT2D eigenvalue weighted by Gasteiger charge is 2.34. The number of para-hydroxylation sites is 1. The Balaban J connectivity index is 1.78. The number of ether oxygens (including phenoxy) is 1. The van der Waals surface area contributed by atoms with Crippen LogP contribution in [0.5, 0.6) is 5.75 Å². The van der Waals surface area contributed by atoms with Crippen molar-refractivity contribution in [2.45, 2.75) is 4.90 Å². The van der Waals surface area contributed by atoms with Crippen LogP contribution in [0.4, 0.5) is 0 Å². The molecule has 2 aromatic rings. The Labute approximate surface area is 126 Å². The standard InChI is InChI=1S/C16H13NO3S/c1-20-13-8-4-5-9-14(13)21-10-17-15(18)11-6-2-3-7-12(11)16(17)19/h2-9H,10H2,1H3. The van der Waals surface area contributed by atoms with Crippen molar-refractivity contribution in [3.8, 4) is 5.75 Å². The summed E-state index contributed by atoms with van der Waals surface area (Å²) in [6.07, 6.45) is 0. The lowest BCUT2D eigenvalue weighted by molar-refractivity contribution is 0.0684. The Hall–Kier alpha value is -2.27. The van der Waals surface area contributed by atoms with E-state index in [1.165, 1.54) is 16.7 Å². The fraction of sp³-hybridized carbons (Fsp3) is 0.125. The van der Waals surface area contributed by atoms with Crippen molar-refractivity contribution in [3.63, 3.8) is 0 Å². The molecule has 0 saturated heterocycles. The molecule has 4 nitrogen and oxygen atoms in total. The lowest BCUT2D eigenvalue weighted by Crippen LogP contribution is -2.29. The molecule has 0 spiro atoms. The third-order valence-electron chi connectivity index (χ3n) is 3.30. The highest BCUT2D eigenvalue weighted by atomic mass is 32.2. The first kappa shape index (κ1) is 13.7. The molecule has 0 bridgehead atoms. The number of amides is 2. The van der Waals surface area contributed by atoms with E-state index in [9.17, 15) is 9.59 Å². The normalized spacial score (nSPS) is 13.5. The van der Waals surface area contributed by atoms with Gasteiger partial charge in [0.15, 0.2) is 0 Å². The third-order valence-corrected chi connectivity index (χ3v) is 4.33. The number of carbonyl (C=O) groups is 2. The number of carbonyl (C=O) groups excluding carboxylic acids is 2. The Morgan fingerprint density at radius 2 is 1.52 bits per heavy atom. The zero-order valence-corrected chi connectivity index (χ0v) is 12.2. The van der Waals surface area contributed by atoms with Gasteiger partial charge in [-0.1, -0.05) is 36.0 Å². The van der Waals surface area contributed by atoms with Gasteiger partial charge in [-0.25, -0.2) is 0 Å². The second-order valence-electron chi connectivity index (χ2n) is 4.51. The summed E-state index contributed by atoms with van der Waals surface area (Å²) < 4.78 is 5.27. The molecule has 0 saturated carbocycles. The van der Waals surface area contributed by atoms with Crippen LogP contribution in [-0.2, 0) is 0 Å². The molecule has 0 radical (unpaired) electrons. The minimum Gasteiger partial charge on any atom is -0.496 e. The van der Waals surface area contributed by atoms with Gasteiger partial charge in [0.1, 0.15) is 5.75 Å². The maximum Gasteiger partial charge on any atom is 0.262 e. The van der Waals surface area contributed by atoms with E-state index in [1.807, 2.05) is 24.3 Å². The van der Waals surface area contributed by atoms with Crippen molar-refractivity contribution in [1.29, 1.82) is 0 Å². The summed E-state index contributed by atoms with van der Waals surface area (Å²) in [5.41, 5.74) is 0.950. The van der Waals surface area contributed by atoms with Gasteiger partial charge in [-0.3, -0.25) is 14.5 Å². The SMILES string of the molecule is COc1ccccc1SCN1C(=O)c2ccccc2C1=O. The van der Waals surface area contributed by atoms with E-state index in [0.717, 1.165) is 10.6 Å². The minimum absolute atomic E-state index is 0.238. The summed E-state index contributed by atoms with van der Waals surface area (Å²) in [6, 6.07) is 14.4. The van der Waals surface area contributed by atoms with Crippen LogP contribution in [0.1, 0.15) is 20.7 Å². The molecule has 21 heavy (non-hydrogen) atoms. The van der Waals surface area contributed by atoms with Crippen molar-refractivity contribution < 1.29 is 14.3 Å². The molecule has 106 valence electrons. The fourth-order valence-corrected chi connectivity index (χ4v) is 3.20. The van der Waals surface area contributed by atoms with Crippen LogP contribution in [-0.4, -0.2) is 29.7 Å². The van der Waals surface area contributed by atoms with Gasteiger partial charge in [0.25, 0.3) is 11.8 Å². The van der Waals surface area contributed by atoms with Gasteiger partial charge in [-0.2, -0.15) is 0 Å². The minimum atomic E-state index is -0.238. The molecule has 5 heteroatoms. The van der Waals surface area contributed by atoms with E-state index < -0.39 is 0 Å². The van der Waals surface area contributed by atoms with Crippen LogP contribution in [0.15, 0.2) is 53.4 Å². The van der Waals surface area contributed by atoms with Gasteiger partial charge in [-0.05, 0) is 24.3 Å². The van der Waals surface area contributed by atoms with Crippen molar-refractivity contribution in [1.82, 2.24) is 4.90 Å². The fourth-order valence-electron chi connectivity index (χ4n) is 2.23. The first-order chi connectivity index (χ1) is 10.2. The maximum absolute atomic E-state index is 12.2. The lowest BCUT2D eigenvalue weighted by atomic mass is 10.1. The molecule has 2 amide bonds. The molecule has 3 rings (SSSR count). The maximum atomic E-state index is 12.2. The van der Waals surface area contributed by atoms with E-state index >= 15 is 0 Å². The number of hydrogen-bond donors (Lipinski definition) is 0. The number of thioether (sulfide) groups is 1. The molecular formula is C16H13NO3S. The van der Waals surface area contributed by atoms with Crippen LogP contribution in [0.25, 0.3) is 0 Å². The largest absolute Gasteiger partial charge is 0.496 e.